The summed E-state index contributed by atoms with van der Waals surface area (Å²) in [6.45, 7) is 9.39. The summed E-state index contributed by atoms with van der Waals surface area (Å²) in [5, 5.41) is 3.29. The first-order chi connectivity index (χ1) is 9.92. The average Bonchev–Trinajstić information content (AvgIpc) is 2.92. The molecule has 1 saturated heterocycles. The van der Waals surface area contributed by atoms with Crippen LogP contribution in [0.2, 0.25) is 0 Å². The summed E-state index contributed by atoms with van der Waals surface area (Å²) < 4.78 is 28.2. The van der Waals surface area contributed by atoms with Crippen LogP contribution in [0.5, 0.6) is 0 Å². The van der Waals surface area contributed by atoms with Crippen molar-refractivity contribution < 1.29 is 8.42 Å². The van der Waals surface area contributed by atoms with Gasteiger partial charge in [0.15, 0.2) is 0 Å². The third kappa shape index (κ3) is 8.11. The van der Waals surface area contributed by atoms with Crippen LogP contribution in [0.4, 0.5) is 0 Å². The fourth-order valence-electron chi connectivity index (χ4n) is 2.43. The predicted molar refractivity (Wildman–Crippen MR) is 87.6 cm³/mol. The smallest absolute Gasteiger partial charge is 0.279 e. The maximum atomic E-state index is 12.0. The van der Waals surface area contributed by atoms with Crippen molar-refractivity contribution in [2.24, 2.45) is 0 Å². The first-order valence-electron chi connectivity index (χ1n) is 8.08. The Morgan fingerprint density at radius 2 is 1.81 bits per heavy atom. The van der Waals surface area contributed by atoms with Crippen molar-refractivity contribution >= 4 is 10.2 Å². The van der Waals surface area contributed by atoms with Gasteiger partial charge in [0.1, 0.15) is 0 Å². The summed E-state index contributed by atoms with van der Waals surface area (Å²) in [6.07, 6.45) is 4.25. The molecule has 0 atom stereocenters. The fraction of sp³-hybridized carbons (Fsp3) is 1.00. The van der Waals surface area contributed by atoms with Crippen LogP contribution in [-0.4, -0.2) is 70.0 Å². The minimum absolute atomic E-state index is 0.440. The quantitative estimate of drug-likeness (QED) is 0.548. The number of nitrogens with one attached hydrogen (secondary N) is 2. The molecular weight excluding hydrogens is 288 g/mol. The fourth-order valence-corrected chi connectivity index (χ4v) is 3.43. The molecule has 1 aliphatic heterocycles. The van der Waals surface area contributed by atoms with Gasteiger partial charge in [-0.05, 0) is 51.9 Å². The minimum atomic E-state index is -3.32. The van der Waals surface area contributed by atoms with Gasteiger partial charge in [-0.2, -0.15) is 12.7 Å². The minimum Gasteiger partial charge on any atom is -0.314 e. The molecule has 0 spiro atoms. The molecule has 1 aliphatic rings. The van der Waals surface area contributed by atoms with Crippen molar-refractivity contribution in [1.82, 2.24) is 19.2 Å². The van der Waals surface area contributed by atoms with E-state index in [0.717, 1.165) is 39.0 Å². The molecule has 0 radical (unpaired) electrons. The molecule has 0 unspecified atom stereocenters. The second-order valence-electron chi connectivity index (χ2n) is 6.09. The molecule has 2 N–H and O–H groups in total. The van der Waals surface area contributed by atoms with E-state index >= 15 is 0 Å². The molecule has 0 aromatic rings. The Morgan fingerprint density at radius 3 is 2.43 bits per heavy atom. The van der Waals surface area contributed by atoms with E-state index in [2.05, 4.69) is 28.8 Å². The third-order valence-corrected chi connectivity index (χ3v) is 5.32. The summed E-state index contributed by atoms with van der Waals surface area (Å²) in [5.74, 6) is 0. The molecule has 126 valence electrons. The molecule has 0 saturated carbocycles. The molecule has 1 fully saturated rings. The van der Waals surface area contributed by atoms with E-state index in [1.54, 1.807) is 7.05 Å². The van der Waals surface area contributed by atoms with Gasteiger partial charge in [0, 0.05) is 26.2 Å². The van der Waals surface area contributed by atoms with Crippen LogP contribution in [0.15, 0.2) is 0 Å². The van der Waals surface area contributed by atoms with Gasteiger partial charge in [-0.3, -0.25) is 0 Å². The highest BCUT2D eigenvalue weighted by Crippen LogP contribution is 2.07. The Bertz CT molecular complexity index is 367. The molecule has 0 aromatic heterocycles. The highest BCUT2D eigenvalue weighted by atomic mass is 32.2. The van der Waals surface area contributed by atoms with Gasteiger partial charge in [-0.1, -0.05) is 13.8 Å². The summed E-state index contributed by atoms with van der Waals surface area (Å²) in [6, 6.07) is 0.440. The van der Waals surface area contributed by atoms with Gasteiger partial charge in [0.25, 0.3) is 10.2 Å². The highest BCUT2D eigenvalue weighted by molar-refractivity contribution is 7.87. The Labute approximate surface area is 130 Å². The van der Waals surface area contributed by atoms with Crippen molar-refractivity contribution in [3.8, 4) is 0 Å². The molecule has 0 aromatic carbocycles. The lowest BCUT2D eigenvalue weighted by atomic mass is 10.3. The van der Waals surface area contributed by atoms with Crippen molar-refractivity contribution in [2.75, 3.05) is 46.3 Å². The van der Waals surface area contributed by atoms with E-state index in [0.29, 0.717) is 19.1 Å². The SMILES string of the molecule is CC(C)NCCCN(C)S(=O)(=O)NCCCN1CCCC1. The normalized spacial score (nSPS) is 17.2. The number of hydrogen-bond donors (Lipinski definition) is 2. The van der Waals surface area contributed by atoms with Gasteiger partial charge >= 0.3 is 0 Å². The Morgan fingerprint density at radius 1 is 1.14 bits per heavy atom. The zero-order valence-corrected chi connectivity index (χ0v) is 14.6. The number of hydrogen-bond acceptors (Lipinski definition) is 4. The van der Waals surface area contributed by atoms with E-state index in [1.807, 2.05) is 0 Å². The summed E-state index contributed by atoms with van der Waals surface area (Å²) in [5.41, 5.74) is 0. The van der Waals surface area contributed by atoms with Gasteiger partial charge in [0.2, 0.25) is 0 Å². The van der Waals surface area contributed by atoms with Crippen LogP contribution in [0.25, 0.3) is 0 Å². The summed E-state index contributed by atoms with van der Waals surface area (Å²) in [7, 11) is -1.68. The zero-order chi connectivity index (χ0) is 15.7. The molecule has 6 nitrogen and oxygen atoms in total. The maximum Gasteiger partial charge on any atom is 0.279 e. The van der Waals surface area contributed by atoms with Gasteiger partial charge in [0.05, 0.1) is 0 Å². The first-order valence-corrected chi connectivity index (χ1v) is 9.52. The second-order valence-corrected chi connectivity index (χ2v) is 7.95. The van der Waals surface area contributed by atoms with Crippen molar-refractivity contribution in [2.45, 2.75) is 45.6 Å². The van der Waals surface area contributed by atoms with Crippen LogP contribution in [0.1, 0.15) is 39.5 Å². The lowest BCUT2D eigenvalue weighted by Gasteiger charge is -2.19. The average molecular weight is 321 g/mol. The van der Waals surface area contributed by atoms with Crippen LogP contribution >= 0.6 is 0 Å². The topological polar surface area (TPSA) is 64.7 Å². The Kier molecular flexibility index (Phi) is 8.73. The van der Waals surface area contributed by atoms with E-state index in [1.165, 1.54) is 17.1 Å². The number of likely N-dealkylation sites (tertiary alicyclic amines) is 1. The van der Waals surface area contributed by atoms with Crippen LogP contribution < -0.4 is 10.0 Å². The molecule has 21 heavy (non-hydrogen) atoms. The largest absolute Gasteiger partial charge is 0.314 e. The third-order valence-electron chi connectivity index (χ3n) is 3.75. The summed E-state index contributed by atoms with van der Waals surface area (Å²) >= 11 is 0. The lowest BCUT2D eigenvalue weighted by Crippen LogP contribution is -2.40. The van der Waals surface area contributed by atoms with E-state index in [4.69, 9.17) is 0 Å². The first kappa shape index (κ1) is 18.8. The molecule has 0 aliphatic carbocycles. The van der Waals surface area contributed by atoms with Crippen LogP contribution in [0.3, 0.4) is 0 Å². The Hall–Kier alpha value is -0.210. The highest BCUT2D eigenvalue weighted by Gasteiger charge is 2.16. The molecule has 0 amide bonds. The molecular formula is C14H32N4O2S. The van der Waals surface area contributed by atoms with Crippen LogP contribution in [0, 0.1) is 0 Å². The summed E-state index contributed by atoms with van der Waals surface area (Å²) in [4.78, 5) is 2.40. The van der Waals surface area contributed by atoms with Crippen LogP contribution in [-0.2, 0) is 10.2 Å². The van der Waals surface area contributed by atoms with Gasteiger partial charge < -0.3 is 10.2 Å². The standard InChI is InChI=1S/C14H32N4O2S/c1-14(2)15-8-6-10-17(3)21(19,20)16-9-7-13-18-11-4-5-12-18/h14-16H,4-13H2,1-3H3. The van der Waals surface area contributed by atoms with E-state index < -0.39 is 10.2 Å². The predicted octanol–water partition coefficient (Wildman–Crippen LogP) is 0.627. The lowest BCUT2D eigenvalue weighted by molar-refractivity contribution is 0.333. The Balaban J connectivity index is 2.12. The monoisotopic (exact) mass is 320 g/mol. The zero-order valence-electron chi connectivity index (χ0n) is 13.8. The van der Waals surface area contributed by atoms with Gasteiger partial charge in [-0.15, -0.1) is 0 Å². The maximum absolute atomic E-state index is 12.0. The van der Waals surface area contributed by atoms with E-state index in [-0.39, 0.29) is 0 Å². The van der Waals surface area contributed by atoms with Crippen molar-refractivity contribution in [3.05, 3.63) is 0 Å². The van der Waals surface area contributed by atoms with Crippen molar-refractivity contribution in [3.63, 3.8) is 0 Å². The van der Waals surface area contributed by atoms with E-state index in [9.17, 15) is 8.42 Å². The molecule has 1 rings (SSSR count). The molecule has 7 heteroatoms. The second kappa shape index (κ2) is 9.74. The number of rotatable bonds is 11. The number of nitrogens with zero attached hydrogens (tertiary/aromatic N) is 2. The van der Waals surface area contributed by atoms with Gasteiger partial charge in [-0.25, -0.2) is 4.72 Å². The molecule has 0 bridgehead atoms. The molecule has 1 heterocycles. The van der Waals surface area contributed by atoms with Crippen molar-refractivity contribution in [1.29, 1.82) is 0 Å².